The Morgan fingerprint density at radius 1 is 1.12 bits per heavy atom. The Balaban J connectivity index is 2.20. The summed E-state index contributed by atoms with van der Waals surface area (Å²) in [5, 5.41) is 0.598. The number of benzene rings is 2. The van der Waals surface area contributed by atoms with E-state index in [1.54, 1.807) is 24.0 Å². The van der Waals surface area contributed by atoms with Crippen molar-refractivity contribution in [2.45, 2.75) is 26.8 Å². The van der Waals surface area contributed by atoms with Crippen molar-refractivity contribution in [3.8, 4) is 0 Å². The van der Waals surface area contributed by atoms with Crippen molar-refractivity contribution in [2.75, 3.05) is 13.2 Å². The Morgan fingerprint density at radius 2 is 1.88 bits per heavy atom. The molecule has 0 aromatic heterocycles. The van der Waals surface area contributed by atoms with Crippen molar-refractivity contribution in [3.05, 3.63) is 70.2 Å². The number of aryl methyl sites for hydroxylation is 1. The number of hydrogen-bond donors (Lipinski definition) is 0. The van der Waals surface area contributed by atoms with Crippen molar-refractivity contribution in [3.63, 3.8) is 0 Å². The number of carbonyl (C=O) groups excluding carboxylic acids is 2. The fourth-order valence-corrected chi connectivity index (χ4v) is 2.70. The second-order valence-electron chi connectivity index (χ2n) is 5.74. The van der Waals surface area contributed by atoms with Gasteiger partial charge in [-0.25, -0.2) is 0 Å². The summed E-state index contributed by atoms with van der Waals surface area (Å²) in [6.07, 6.45) is 0.149. The lowest BCUT2D eigenvalue weighted by Crippen LogP contribution is -2.33. The van der Waals surface area contributed by atoms with E-state index in [4.69, 9.17) is 16.3 Å². The normalized spacial score (nSPS) is 10.4. The monoisotopic (exact) mass is 359 g/mol. The summed E-state index contributed by atoms with van der Waals surface area (Å²) in [5.74, 6) is -0.448. The molecule has 0 saturated heterocycles. The van der Waals surface area contributed by atoms with Crippen LogP contribution in [0.2, 0.25) is 5.02 Å². The molecule has 2 aromatic rings. The van der Waals surface area contributed by atoms with E-state index in [0.29, 0.717) is 23.7 Å². The zero-order valence-corrected chi connectivity index (χ0v) is 15.3. The van der Waals surface area contributed by atoms with Gasteiger partial charge in [-0.3, -0.25) is 9.59 Å². The van der Waals surface area contributed by atoms with Crippen LogP contribution in [0.25, 0.3) is 0 Å². The summed E-state index contributed by atoms with van der Waals surface area (Å²) in [5.41, 5.74) is 2.44. The van der Waals surface area contributed by atoms with Crippen LogP contribution in [-0.2, 0) is 16.1 Å². The molecular formula is C20H22ClNO3. The first-order valence-electron chi connectivity index (χ1n) is 8.26. The molecule has 0 saturated carbocycles. The van der Waals surface area contributed by atoms with E-state index in [1.165, 1.54) is 0 Å². The summed E-state index contributed by atoms with van der Waals surface area (Å²) in [6, 6.07) is 14.8. The van der Waals surface area contributed by atoms with E-state index in [1.807, 2.05) is 43.3 Å². The molecule has 0 radical (unpaired) electrons. The predicted octanol–water partition coefficient (Wildman–Crippen LogP) is 4.24. The van der Waals surface area contributed by atoms with Crippen molar-refractivity contribution < 1.29 is 14.3 Å². The van der Waals surface area contributed by atoms with Crippen LogP contribution >= 0.6 is 11.6 Å². The van der Waals surface area contributed by atoms with Gasteiger partial charge in [0.1, 0.15) is 0 Å². The summed E-state index contributed by atoms with van der Waals surface area (Å²) in [4.78, 5) is 26.2. The Labute approximate surface area is 153 Å². The standard InChI is InChI=1S/C20H22ClNO3/c1-3-25-19(23)11-12-22(14-17-8-4-5-10-18(17)21)20(24)16-9-6-7-15(2)13-16/h4-10,13H,3,11-12,14H2,1-2H3. The van der Waals surface area contributed by atoms with Gasteiger partial charge in [0.2, 0.25) is 0 Å². The van der Waals surface area contributed by atoms with E-state index in [9.17, 15) is 9.59 Å². The molecule has 0 heterocycles. The number of rotatable bonds is 7. The predicted molar refractivity (Wildman–Crippen MR) is 98.6 cm³/mol. The average Bonchev–Trinajstić information content (AvgIpc) is 2.60. The maximum absolute atomic E-state index is 12.9. The zero-order valence-electron chi connectivity index (χ0n) is 14.5. The van der Waals surface area contributed by atoms with Crippen molar-refractivity contribution in [1.82, 2.24) is 4.90 Å². The highest BCUT2D eigenvalue weighted by atomic mass is 35.5. The topological polar surface area (TPSA) is 46.6 Å². The van der Waals surface area contributed by atoms with Crippen LogP contribution in [-0.4, -0.2) is 29.9 Å². The third-order valence-corrected chi connectivity index (χ3v) is 4.13. The molecule has 0 unspecified atom stereocenters. The van der Waals surface area contributed by atoms with Gasteiger partial charge in [0, 0.05) is 23.7 Å². The Kier molecular flexibility index (Phi) is 7.02. The van der Waals surface area contributed by atoms with Gasteiger partial charge < -0.3 is 9.64 Å². The lowest BCUT2D eigenvalue weighted by Gasteiger charge is -2.23. The van der Waals surface area contributed by atoms with Crippen molar-refractivity contribution in [1.29, 1.82) is 0 Å². The van der Waals surface area contributed by atoms with E-state index < -0.39 is 0 Å². The fourth-order valence-electron chi connectivity index (χ4n) is 2.50. The fraction of sp³-hybridized carbons (Fsp3) is 0.300. The summed E-state index contributed by atoms with van der Waals surface area (Å²) in [7, 11) is 0. The number of halogens is 1. The lowest BCUT2D eigenvalue weighted by atomic mass is 10.1. The highest BCUT2D eigenvalue weighted by molar-refractivity contribution is 6.31. The molecule has 0 N–H and O–H groups in total. The third-order valence-electron chi connectivity index (χ3n) is 3.76. The van der Waals surface area contributed by atoms with Crippen LogP contribution in [0.1, 0.15) is 34.8 Å². The number of esters is 1. The molecule has 4 nitrogen and oxygen atoms in total. The maximum atomic E-state index is 12.9. The smallest absolute Gasteiger partial charge is 0.307 e. The minimum Gasteiger partial charge on any atom is -0.466 e. The van der Waals surface area contributed by atoms with Gasteiger partial charge in [-0.05, 0) is 37.6 Å². The highest BCUT2D eigenvalue weighted by Gasteiger charge is 2.19. The SMILES string of the molecule is CCOC(=O)CCN(Cc1ccccc1Cl)C(=O)c1cccc(C)c1. The molecular weight excluding hydrogens is 338 g/mol. The second-order valence-corrected chi connectivity index (χ2v) is 6.15. The first-order chi connectivity index (χ1) is 12.0. The van der Waals surface area contributed by atoms with Gasteiger partial charge in [-0.1, -0.05) is 47.5 Å². The zero-order chi connectivity index (χ0) is 18.2. The molecule has 1 amide bonds. The number of carbonyl (C=O) groups is 2. The van der Waals surface area contributed by atoms with Crippen LogP contribution in [0.15, 0.2) is 48.5 Å². The molecule has 0 atom stereocenters. The average molecular weight is 360 g/mol. The molecule has 0 aliphatic rings. The molecule has 0 spiro atoms. The molecule has 25 heavy (non-hydrogen) atoms. The van der Waals surface area contributed by atoms with Crippen LogP contribution in [0, 0.1) is 6.92 Å². The van der Waals surface area contributed by atoms with Gasteiger partial charge in [0.05, 0.1) is 13.0 Å². The van der Waals surface area contributed by atoms with Gasteiger partial charge in [0.15, 0.2) is 0 Å². The quantitative estimate of drug-likeness (QED) is 0.694. The van der Waals surface area contributed by atoms with Crippen LogP contribution in [0.5, 0.6) is 0 Å². The first kappa shape index (κ1) is 19.0. The maximum Gasteiger partial charge on any atom is 0.307 e. The van der Waals surface area contributed by atoms with Gasteiger partial charge in [-0.15, -0.1) is 0 Å². The highest BCUT2D eigenvalue weighted by Crippen LogP contribution is 2.19. The van der Waals surface area contributed by atoms with Gasteiger partial charge in [0.25, 0.3) is 5.91 Å². The summed E-state index contributed by atoms with van der Waals surface area (Å²) in [6.45, 7) is 4.64. The number of ether oxygens (including phenoxy) is 1. The number of nitrogens with zero attached hydrogens (tertiary/aromatic N) is 1. The molecule has 2 rings (SSSR count). The minimum absolute atomic E-state index is 0.132. The molecule has 0 aliphatic carbocycles. The summed E-state index contributed by atoms with van der Waals surface area (Å²) >= 11 is 6.23. The molecule has 0 fully saturated rings. The summed E-state index contributed by atoms with van der Waals surface area (Å²) < 4.78 is 4.97. The van der Waals surface area contributed by atoms with Crippen LogP contribution < -0.4 is 0 Å². The molecule has 5 heteroatoms. The van der Waals surface area contributed by atoms with E-state index in [-0.39, 0.29) is 24.8 Å². The Bertz CT molecular complexity index is 745. The molecule has 132 valence electrons. The van der Waals surface area contributed by atoms with Crippen molar-refractivity contribution in [2.24, 2.45) is 0 Å². The van der Waals surface area contributed by atoms with E-state index in [0.717, 1.165) is 11.1 Å². The first-order valence-corrected chi connectivity index (χ1v) is 8.64. The third kappa shape index (κ3) is 5.61. The molecule has 0 bridgehead atoms. The van der Waals surface area contributed by atoms with Crippen LogP contribution in [0.3, 0.4) is 0 Å². The van der Waals surface area contributed by atoms with Crippen molar-refractivity contribution >= 4 is 23.5 Å². The van der Waals surface area contributed by atoms with Gasteiger partial charge in [-0.2, -0.15) is 0 Å². The van der Waals surface area contributed by atoms with E-state index >= 15 is 0 Å². The minimum atomic E-state index is -0.316. The lowest BCUT2D eigenvalue weighted by molar-refractivity contribution is -0.143. The number of hydrogen-bond acceptors (Lipinski definition) is 3. The van der Waals surface area contributed by atoms with Gasteiger partial charge >= 0.3 is 5.97 Å². The molecule has 0 aliphatic heterocycles. The molecule has 2 aromatic carbocycles. The Morgan fingerprint density at radius 3 is 2.56 bits per heavy atom. The Hall–Kier alpha value is -2.33. The number of amides is 1. The second kappa shape index (κ2) is 9.23. The van der Waals surface area contributed by atoms with E-state index in [2.05, 4.69) is 0 Å². The van der Waals surface area contributed by atoms with Crippen LogP contribution in [0.4, 0.5) is 0 Å². The largest absolute Gasteiger partial charge is 0.466 e.